The molecule has 2 nitrogen and oxygen atoms in total. The molecular weight excluding hydrogens is 220 g/mol. The van der Waals surface area contributed by atoms with Crippen LogP contribution >= 0.6 is 0 Å². The first-order chi connectivity index (χ1) is 8.62. The molecule has 0 amide bonds. The molecule has 0 saturated carbocycles. The lowest BCUT2D eigenvalue weighted by atomic mass is 9.96. The number of hydrogen-bond acceptors (Lipinski definition) is 2. The zero-order chi connectivity index (χ0) is 13.0. The Bertz CT molecular complexity index is 384. The molecule has 1 aromatic carbocycles. The van der Waals surface area contributed by atoms with Crippen LogP contribution in [0.4, 0.5) is 5.69 Å². The highest BCUT2D eigenvalue weighted by Gasteiger charge is 2.23. The van der Waals surface area contributed by atoms with Crippen molar-refractivity contribution in [2.24, 2.45) is 5.73 Å². The summed E-state index contributed by atoms with van der Waals surface area (Å²) in [6.07, 6.45) is 6.02. The molecule has 1 heterocycles. The van der Waals surface area contributed by atoms with Crippen molar-refractivity contribution in [2.45, 2.75) is 51.5 Å². The van der Waals surface area contributed by atoms with Crippen molar-refractivity contribution in [2.75, 3.05) is 18.0 Å². The van der Waals surface area contributed by atoms with E-state index in [9.17, 15) is 0 Å². The standard InChI is InChI=1S/C16H26N2/c1-3-11-16(2,17)13-18-12-7-6-9-14-8-4-5-10-15(14)18/h4-5,8,10H,3,6-7,9,11-13,17H2,1-2H3. The summed E-state index contributed by atoms with van der Waals surface area (Å²) in [5, 5.41) is 0. The second kappa shape index (κ2) is 5.75. The van der Waals surface area contributed by atoms with Crippen LogP contribution in [0.3, 0.4) is 0 Å². The van der Waals surface area contributed by atoms with Crippen LogP contribution < -0.4 is 10.6 Å². The maximum Gasteiger partial charge on any atom is 0.0399 e. The van der Waals surface area contributed by atoms with Gasteiger partial charge in [-0.15, -0.1) is 0 Å². The highest BCUT2D eigenvalue weighted by atomic mass is 15.2. The molecule has 2 rings (SSSR count). The van der Waals surface area contributed by atoms with Crippen molar-refractivity contribution in [3.8, 4) is 0 Å². The van der Waals surface area contributed by atoms with E-state index in [4.69, 9.17) is 5.73 Å². The van der Waals surface area contributed by atoms with E-state index < -0.39 is 0 Å². The van der Waals surface area contributed by atoms with Crippen molar-refractivity contribution in [1.82, 2.24) is 0 Å². The van der Waals surface area contributed by atoms with Crippen LogP contribution in [0.2, 0.25) is 0 Å². The number of para-hydroxylation sites is 1. The number of rotatable bonds is 4. The van der Waals surface area contributed by atoms with Gasteiger partial charge in [0.25, 0.3) is 0 Å². The zero-order valence-electron chi connectivity index (χ0n) is 11.8. The summed E-state index contributed by atoms with van der Waals surface area (Å²) in [6.45, 7) is 6.51. The fraction of sp³-hybridized carbons (Fsp3) is 0.625. The minimum atomic E-state index is -0.0772. The average Bonchev–Trinajstić information content (AvgIpc) is 2.52. The normalized spacial score (nSPS) is 18.9. The van der Waals surface area contributed by atoms with Crippen LogP contribution in [-0.2, 0) is 6.42 Å². The van der Waals surface area contributed by atoms with E-state index in [0.29, 0.717) is 0 Å². The van der Waals surface area contributed by atoms with Gasteiger partial charge in [-0.3, -0.25) is 0 Å². The molecule has 0 fully saturated rings. The molecule has 2 N–H and O–H groups in total. The monoisotopic (exact) mass is 246 g/mol. The molecule has 100 valence electrons. The number of hydrogen-bond donors (Lipinski definition) is 1. The third-order valence-corrected chi connectivity index (χ3v) is 3.83. The van der Waals surface area contributed by atoms with E-state index in [0.717, 1.165) is 25.9 Å². The van der Waals surface area contributed by atoms with Gasteiger partial charge >= 0.3 is 0 Å². The predicted octanol–water partition coefficient (Wildman–Crippen LogP) is 3.35. The van der Waals surface area contributed by atoms with E-state index in [2.05, 4.69) is 43.0 Å². The topological polar surface area (TPSA) is 29.3 Å². The van der Waals surface area contributed by atoms with Gasteiger partial charge in [-0.2, -0.15) is 0 Å². The molecule has 0 saturated heterocycles. The third-order valence-electron chi connectivity index (χ3n) is 3.83. The third kappa shape index (κ3) is 3.26. The summed E-state index contributed by atoms with van der Waals surface area (Å²) >= 11 is 0. The Hall–Kier alpha value is -1.02. The molecule has 0 radical (unpaired) electrons. The summed E-state index contributed by atoms with van der Waals surface area (Å²) in [7, 11) is 0. The lowest BCUT2D eigenvalue weighted by molar-refractivity contribution is 0.422. The van der Waals surface area contributed by atoms with Crippen molar-refractivity contribution < 1.29 is 0 Å². The van der Waals surface area contributed by atoms with Gasteiger partial charge in [0.15, 0.2) is 0 Å². The second-order valence-electron chi connectivity index (χ2n) is 5.91. The number of benzene rings is 1. The van der Waals surface area contributed by atoms with Crippen molar-refractivity contribution in [3.63, 3.8) is 0 Å². The van der Waals surface area contributed by atoms with Gasteiger partial charge in [0.2, 0.25) is 0 Å². The van der Waals surface area contributed by atoms with Gasteiger partial charge in [0.05, 0.1) is 0 Å². The van der Waals surface area contributed by atoms with Crippen LogP contribution in [0.5, 0.6) is 0 Å². The molecular formula is C16H26N2. The maximum atomic E-state index is 6.42. The first-order valence-electron chi connectivity index (χ1n) is 7.24. The Morgan fingerprint density at radius 2 is 2.06 bits per heavy atom. The number of anilines is 1. The van der Waals surface area contributed by atoms with Crippen molar-refractivity contribution >= 4 is 5.69 Å². The Kier molecular flexibility index (Phi) is 4.28. The lowest BCUT2D eigenvalue weighted by Crippen LogP contribution is -2.48. The number of aryl methyl sites for hydroxylation is 1. The smallest absolute Gasteiger partial charge is 0.0399 e. The van der Waals surface area contributed by atoms with E-state index in [1.165, 1.54) is 30.5 Å². The Balaban J connectivity index is 2.17. The number of nitrogens with two attached hydrogens (primary N) is 1. The quantitative estimate of drug-likeness (QED) is 0.883. The van der Waals surface area contributed by atoms with Gasteiger partial charge in [-0.1, -0.05) is 31.5 Å². The van der Waals surface area contributed by atoms with Crippen LogP contribution in [0.1, 0.15) is 45.1 Å². The highest BCUT2D eigenvalue weighted by molar-refractivity contribution is 5.54. The predicted molar refractivity (Wildman–Crippen MR) is 79.1 cm³/mol. The summed E-state index contributed by atoms with van der Waals surface area (Å²) in [5.41, 5.74) is 9.24. The zero-order valence-corrected chi connectivity index (χ0v) is 11.8. The molecule has 1 unspecified atom stereocenters. The van der Waals surface area contributed by atoms with E-state index in [-0.39, 0.29) is 5.54 Å². The van der Waals surface area contributed by atoms with Gasteiger partial charge in [0, 0.05) is 24.3 Å². The van der Waals surface area contributed by atoms with Gasteiger partial charge in [-0.05, 0) is 44.2 Å². The molecule has 1 aliphatic heterocycles. The maximum absolute atomic E-state index is 6.42. The fourth-order valence-electron chi connectivity index (χ4n) is 3.02. The van der Waals surface area contributed by atoms with Crippen molar-refractivity contribution in [1.29, 1.82) is 0 Å². The summed E-state index contributed by atoms with van der Waals surface area (Å²) in [4.78, 5) is 2.50. The van der Waals surface area contributed by atoms with Crippen LogP contribution in [-0.4, -0.2) is 18.6 Å². The molecule has 1 atom stereocenters. The number of nitrogens with zero attached hydrogens (tertiary/aromatic N) is 1. The Labute approximate surface area is 111 Å². The summed E-state index contributed by atoms with van der Waals surface area (Å²) in [5.74, 6) is 0. The first-order valence-corrected chi connectivity index (χ1v) is 7.24. The van der Waals surface area contributed by atoms with Gasteiger partial charge in [0.1, 0.15) is 0 Å². The fourth-order valence-corrected chi connectivity index (χ4v) is 3.02. The highest BCUT2D eigenvalue weighted by Crippen LogP contribution is 2.27. The van der Waals surface area contributed by atoms with Crippen LogP contribution in [0.25, 0.3) is 0 Å². The Morgan fingerprint density at radius 1 is 1.28 bits per heavy atom. The van der Waals surface area contributed by atoms with E-state index in [1.54, 1.807) is 0 Å². The van der Waals surface area contributed by atoms with Gasteiger partial charge < -0.3 is 10.6 Å². The van der Waals surface area contributed by atoms with E-state index in [1.807, 2.05) is 0 Å². The molecule has 0 aromatic heterocycles. The molecule has 0 spiro atoms. The summed E-state index contributed by atoms with van der Waals surface area (Å²) < 4.78 is 0. The largest absolute Gasteiger partial charge is 0.369 e. The minimum absolute atomic E-state index is 0.0772. The molecule has 1 aromatic rings. The molecule has 2 heteroatoms. The molecule has 18 heavy (non-hydrogen) atoms. The number of fused-ring (bicyclic) bond motifs is 1. The van der Waals surface area contributed by atoms with Crippen LogP contribution in [0.15, 0.2) is 24.3 Å². The first kappa shape index (κ1) is 13.4. The second-order valence-corrected chi connectivity index (χ2v) is 5.91. The van der Waals surface area contributed by atoms with Crippen molar-refractivity contribution in [3.05, 3.63) is 29.8 Å². The van der Waals surface area contributed by atoms with Crippen LogP contribution in [0, 0.1) is 0 Å². The molecule has 1 aliphatic rings. The summed E-state index contributed by atoms with van der Waals surface area (Å²) in [6, 6.07) is 8.81. The SMILES string of the molecule is CCCC(C)(N)CN1CCCCc2ccccc21. The molecule has 0 aliphatic carbocycles. The Morgan fingerprint density at radius 3 is 2.83 bits per heavy atom. The average molecular weight is 246 g/mol. The molecule has 0 bridgehead atoms. The minimum Gasteiger partial charge on any atom is -0.369 e. The van der Waals surface area contributed by atoms with E-state index >= 15 is 0 Å². The lowest BCUT2D eigenvalue weighted by Gasteiger charge is -2.34. The van der Waals surface area contributed by atoms with Gasteiger partial charge in [-0.25, -0.2) is 0 Å².